The highest BCUT2D eigenvalue weighted by Gasteiger charge is 2.29. The molecule has 0 unspecified atom stereocenters. The van der Waals surface area contributed by atoms with E-state index < -0.39 is 0 Å². The predicted molar refractivity (Wildman–Crippen MR) is 78.5 cm³/mol. The van der Waals surface area contributed by atoms with Gasteiger partial charge < -0.3 is 15.4 Å². The normalized spacial score (nSPS) is 18.2. The zero-order chi connectivity index (χ0) is 15.0. The highest BCUT2D eigenvalue weighted by Crippen LogP contribution is 2.34. The highest BCUT2D eigenvalue weighted by molar-refractivity contribution is 6.31. The summed E-state index contributed by atoms with van der Waals surface area (Å²) < 4.78 is 5.58. The minimum Gasteiger partial charge on any atom is -0.492 e. The fourth-order valence-electron chi connectivity index (χ4n) is 2.97. The van der Waals surface area contributed by atoms with Gasteiger partial charge >= 0.3 is 0 Å². The SMILES string of the molecule is NC(=O)C1CCN(C(=O)c2cc(Cl)cc3c2OCC3)CC1. The molecule has 0 radical (unpaired) electrons. The van der Waals surface area contributed by atoms with Crippen molar-refractivity contribution in [3.05, 3.63) is 28.3 Å². The van der Waals surface area contributed by atoms with Crippen LogP contribution in [0.2, 0.25) is 5.02 Å². The Bertz CT molecular complexity index is 595. The van der Waals surface area contributed by atoms with Crippen molar-refractivity contribution in [2.75, 3.05) is 19.7 Å². The molecule has 1 saturated heterocycles. The van der Waals surface area contributed by atoms with Gasteiger partial charge in [-0.2, -0.15) is 0 Å². The number of benzene rings is 1. The van der Waals surface area contributed by atoms with E-state index in [2.05, 4.69) is 0 Å². The summed E-state index contributed by atoms with van der Waals surface area (Å²) in [6, 6.07) is 3.51. The van der Waals surface area contributed by atoms with Gasteiger partial charge in [-0.05, 0) is 30.5 Å². The molecule has 2 heterocycles. The minimum absolute atomic E-state index is 0.0847. The average Bonchev–Trinajstić information content (AvgIpc) is 2.93. The lowest BCUT2D eigenvalue weighted by Crippen LogP contribution is -2.41. The molecule has 6 heteroatoms. The van der Waals surface area contributed by atoms with Gasteiger partial charge in [-0.1, -0.05) is 11.6 Å². The Morgan fingerprint density at radius 1 is 1.29 bits per heavy atom. The fraction of sp³-hybridized carbons (Fsp3) is 0.467. The summed E-state index contributed by atoms with van der Waals surface area (Å²) in [6.07, 6.45) is 2.01. The molecule has 112 valence electrons. The molecule has 2 aliphatic rings. The van der Waals surface area contributed by atoms with E-state index in [1.165, 1.54) is 0 Å². The van der Waals surface area contributed by atoms with Crippen molar-refractivity contribution in [3.63, 3.8) is 0 Å². The maximum Gasteiger partial charge on any atom is 0.257 e. The van der Waals surface area contributed by atoms with Crippen molar-refractivity contribution < 1.29 is 14.3 Å². The highest BCUT2D eigenvalue weighted by atomic mass is 35.5. The Morgan fingerprint density at radius 3 is 2.67 bits per heavy atom. The first-order chi connectivity index (χ1) is 10.1. The maximum absolute atomic E-state index is 12.7. The number of carbonyl (C=O) groups is 2. The second-order valence-corrected chi connectivity index (χ2v) is 5.95. The van der Waals surface area contributed by atoms with Crippen LogP contribution in [-0.4, -0.2) is 36.4 Å². The number of hydrogen-bond donors (Lipinski definition) is 1. The predicted octanol–water partition coefficient (Wildman–Crippen LogP) is 1.61. The van der Waals surface area contributed by atoms with Crippen LogP contribution in [0.4, 0.5) is 0 Å². The van der Waals surface area contributed by atoms with E-state index in [-0.39, 0.29) is 17.7 Å². The number of amides is 2. The van der Waals surface area contributed by atoms with Crippen molar-refractivity contribution in [1.82, 2.24) is 4.90 Å². The zero-order valence-corrected chi connectivity index (χ0v) is 12.4. The number of carbonyl (C=O) groups excluding carboxylic acids is 2. The van der Waals surface area contributed by atoms with E-state index in [1.54, 1.807) is 11.0 Å². The molecule has 0 aromatic heterocycles. The van der Waals surface area contributed by atoms with Crippen molar-refractivity contribution >= 4 is 23.4 Å². The molecule has 0 aliphatic carbocycles. The molecule has 2 amide bonds. The monoisotopic (exact) mass is 308 g/mol. The van der Waals surface area contributed by atoms with Gasteiger partial charge in [0.25, 0.3) is 5.91 Å². The quantitative estimate of drug-likeness (QED) is 0.902. The third-order valence-electron chi connectivity index (χ3n) is 4.16. The second-order valence-electron chi connectivity index (χ2n) is 5.51. The Hall–Kier alpha value is -1.75. The van der Waals surface area contributed by atoms with Crippen molar-refractivity contribution in [2.45, 2.75) is 19.3 Å². The molecular weight excluding hydrogens is 292 g/mol. The van der Waals surface area contributed by atoms with Crippen LogP contribution in [0.5, 0.6) is 5.75 Å². The zero-order valence-electron chi connectivity index (χ0n) is 11.6. The first-order valence-corrected chi connectivity index (χ1v) is 7.48. The fourth-order valence-corrected chi connectivity index (χ4v) is 3.21. The topological polar surface area (TPSA) is 72.6 Å². The van der Waals surface area contributed by atoms with Crippen LogP contribution in [0.15, 0.2) is 12.1 Å². The molecule has 0 atom stereocenters. The van der Waals surface area contributed by atoms with Gasteiger partial charge in [-0.25, -0.2) is 0 Å². The number of ether oxygens (including phenoxy) is 1. The molecule has 2 N–H and O–H groups in total. The molecular formula is C15H17ClN2O3. The van der Waals surface area contributed by atoms with Crippen molar-refractivity contribution in [2.24, 2.45) is 11.7 Å². The molecule has 0 saturated carbocycles. The van der Waals surface area contributed by atoms with Gasteiger partial charge in [0, 0.05) is 30.5 Å². The van der Waals surface area contributed by atoms with Gasteiger partial charge in [-0.3, -0.25) is 9.59 Å². The average molecular weight is 309 g/mol. The van der Waals surface area contributed by atoms with E-state index in [9.17, 15) is 9.59 Å². The molecule has 1 aromatic carbocycles. The van der Waals surface area contributed by atoms with E-state index in [4.69, 9.17) is 22.1 Å². The third kappa shape index (κ3) is 2.70. The Labute approximate surface area is 128 Å². The molecule has 3 rings (SSSR count). The Morgan fingerprint density at radius 2 is 2.00 bits per heavy atom. The van der Waals surface area contributed by atoms with Gasteiger partial charge in [0.2, 0.25) is 5.91 Å². The van der Waals surface area contributed by atoms with Crippen LogP contribution >= 0.6 is 11.6 Å². The maximum atomic E-state index is 12.7. The summed E-state index contributed by atoms with van der Waals surface area (Å²) >= 11 is 6.09. The van der Waals surface area contributed by atoms with E-state index in [0.717, 1.165) is 12.0 Å². The summed E-state index contributed by atoms with van der Waals surface area (Å²) in [7, 11) is 0. The van der Waals surface area contributed by atoms with Crippen molar-refractivity contribution in [3.8, 4) is 5.75 Å². The third-order valence-corrected chi connectivity index (χ3v) is 4.38. The smallest absolute Gasteiger partial charge is 0.257 e. The number of hydrogen-bond acceptors (Lipinski definition) is 3. The standard InChI is InChI=1S/C15H17ClN2O3/c16-11-7-10-3-6-21-13(10)12(8-11)15(20)18-4-1-9(2-5-18)14(17)19/h7-9H,1-6H2,(H2,17,19). The number of likely N-dealkylation sites (tertiary alicyclic amines) is 1. The van der Waals surface area contributed by atoms with Crippen LogP contribution in [0.1, 0.15) is 28.8 Å². The van der Waals surface area contributed by atoms with E-state index >= 15 is 0 Å². The Kier molecular flexibility index (Phi) is 3.76. The molecule has 21 heavy (non-hydrogen) atoms. The Balaban J connectivity index is 1.79. The largest absolute Gasteiger partial charge is 0.492 e. The summed E-state index contributed by atoms with van der Waals surface area (Å²) in [4.78, 5) is 25.6. The van der Waals surface area contributed by atoms with Gasteiger partial charge in [-0.15, -0.1) is 0 Å². The summed E-state index contributed by atoms with van der Waals surface area (Å²) in [5.41, 5.74) is 6.82. The molecule has 0 bridgehead atoms. The minimum atomic E-state index is -0.283. The summed E-state index contributed by atoms with van der Waals surface area (Å²) in [5, 5.41) is 0.551. The van der Waals surface area contributed by atoms with E-state index in [0.29, 0.717) is 48.9 Å². The molecule has 1 fully saturated rings. The number of nitrogens with two attached hydrogens (primary N) is 1. The lowest BCUT2D eigenvalue weighted by Gasteiger charge is -2.31. The summed E-state index contributed by atoms with van der Waals surface area (Å²) in [6.45, 7) is 1.65. The lowest BCUT2D eigenvalue weighted by atomic mass is 9.95. The molecule has 2 aliphatic heterocycles. The van der Waals surface area contributed by atoms with Crippen LogP contribution in [-0.2, 0) is 11.2 Å². The van der Waals surface area contributed by atoms with Crippen LogP contribution < -0.4 is 10.5 Å². The first kappa shape index (κ1) is 14.2. The molecule has 1 aromatic rings. The number of fused-ring (bicyclic) bond motifs is 1. The molecule has 5 nitrogen and oxygen atoms in total. The van der Waals surface area contributed by atoms with Crippen LogP contribution in [0, 0.1) is 5.92 Å². The first-order valence-electron chi connectivity index (χ1n) is 7.10. The number of primary amides is 1. The summed E-state index contributed by atoms with van der Waals surface area (Å²) in [5.74, 6) is 0.157. The number of rotatable bonds is 2. The number of piperidine rings is 1. The van der Waals surface area contributed by atoms with Crippen LogP contribution in [0.25, 0.3) is 0 Å². The number of halogens is 1. The van der Waals surface area contributed by atoms with Gasteiger partial charge in [0.05, 0.1) is 12.2 Å². The van der Waals surface area contributed by atoms with Crippen molar-refractivity contribution in [1.29, 1.82) is 0 Å². The second kappa shape index (κ2) is 5.56. The van der Waals surface area contributed by atoms with Crippen LogP contribution in [0.3, 0.4) is 0 Å². The lowest BCUT2D eigenvalue weighted by molar-refractivity contribution is -0.123. The van der Waals surface area contributed by atoms with E-state index in [1.807, 2.05) is 6.07 Å². The molecule has 0 spiro atoms. The number of nitrogens with zero attached hydrogens (tertiary/aromatic N) is 1. The van der Waals surface area contributed by atoms with Gasteiger partial charge in [0.15, 0.2) is 0 Å². The van der Waals surface area contributed by atoms with Gasteiger partial charge in [0.1, 0.15) is 5.75 Å².